The summed E-state index contributed by atoms with van der Waals surface area (Å²) in [7, 11) is -3.91. The fourth-order valence-electron chi connectivity index (χ4n) is 5.34. The highest BCUT2D eigenvalue weighted by atomic mass is 32.2. The Morgan fingerprint density at radius 1 is 1.11 bits per heavy atom. The van der Waals surface area contributed by atoms with Gasteiger partial charge in [-0.25, -0.2) is 12.8 Å². The maximum absolute atomic E-state index is 13.2. The summed E-state index contributed by atoms with van der Waals surface area (Å²) in [5.74, 6) is -0.135. The lowest BCUT2D eigenvalue weighted by molar-refractivity contribution is -0.142. The fraction of sp³-hybridized carbons (Fsp3) is 0.480. The first kappa shape index (κ1) is 24.0. The van der Waals surface area contributed by atoms with Gasteiger partial charge in [0.1, 0.15) is 23.8 Å². The van der Waals surface area contributed by atoms with Crippen LogP contribution in [-0.4, -0.2) is 50.4 Å². The quantitative estimate of drug-likeness (QED) is 0.534. The van der Waals surface area contributed by atoms with Crippen LogP contribution in [0.5, 0.6) is 5.75 Å². The maximum atomic E-state index is 13.2. The Kier molecular flexibility index (Phi) is 6.69. The third-order valence-corrected chi connectivity index (χ3v) is 8.41. The minimum absolute atomic E-state index is 0.0479. The number of rotatable bonds is 7. The Bertz CT molecular complexity index is 1180. The normalized spacial score (nSPS) is 26.0. The van der Waals surface area contributed by atoms with Crippen molar-refractivity contribution in [1.29, 1.82) is 0 Å². The number of fused-ring (bicyclic) bond motifs is 3. The standard InChI is InChI=1S/C25H29FN2O6S/c26-15-5-8-19(9-6-15)35(31,32)28-17-7-10-22-20(11-17)21-12-18(33-23(14-29)25(21)34-22)13-24(30)27-16-3-1-2-4-16/h5-11,16,18,21,23,25,28-29H,1-4,12-14H2,(H,27,30)/t18-,21+,23+,25-/m0/s1. The molecule has 1 saturated carbocycles. The van der Waals surface area contributed by atoms with Crippen molar-refractivity contribution < 1.29 is 32.2 Å². The van der Waals surface area contributed by atoms with Crippen molar-refractivity contribution >= 4 is 21.6 Å². The molecule has 0 bridgehead atoms. The molecule has 8 nitrogen and oxygen atoms in total. The molecule has 2 fully saturated rings. The number of halogens is 1. The van der Waals surface area contributed by atoms with Gasteiger partial charge in [-0.2, -0.15) is 0 Å². The maximum Gasteiger partial charge on any atom is 0.261 e. The number of benzene rings is 2. The molecule has 35 heavy (non-hydrogen) atoms. The molecule has 3 N–H and O–H groups in total. The van der Waals surface area contributed by atoms with E-state index in [1.54, 1.807) is 18.2 Å². The van der Waals surface area contributed by atoms with Crippen LogP contribution in [-0.2, 0) is 19.6 Å². The van der Waals surface area contributed by atoms with Crippen molar-refractivity contribution in [3.8, 4) is 5.75 Å². The van der Waals surface area contributed by atoms with Crippen molar-refractivity contribution in [2.45, 2.75) is 73.7 Å². The summed E-state index contributed by atoms with van der Waals surface area (Å²) in [5, 5.41) is 13.0. The van der Waals surface area contributed by atoms with Crippen LogP contribution in [0.4, 0.5) is 10.1 Å². The molecule has 0 unspecified atom stereocenters. The average Bonchev–Trinajstić information content (AvgIpc) is 3.46. The zero-order valence-corrected chi connectivity index (χ0v) is 20.0. The number of carbonyl (C=O) groups is 1. The van der Waals surface area contributed by atoms with E-state index >= 15 is 0 Å². The van der Waals surface area contributed by atoms with Gasteiger partial charge in [-0.1, -0.05) is 12.8 Å². The second-order valence-electron chi connectivity index (χ2n) is 9.47. The molecule has 188 valence electrons. The SMILES string of the molecule is O=C(C[C@@H]1C[C@@H]2c3cc(NS(=O)(=O)c4ccc(F)cc4)ccc3O[C@@H]2[C@@H](CO)O1)NC1CCCC1. The van der Waals surface area contributed by atoms with Crippen molar-refractivity contribution in [1.82, 2.24) is 5.32 Å². The highest BCUT2D eigenvalue weighted by Gasteiger charge is 2.46. The Balaban J connectivity index is 1.32. The van der Waals surface area contributed by atoms with E-state index in [-0.39, 0.29) is 41.9 Å². The number of hydrogen-bond acceptors (Lipinski definition) is 6. The second kappa shape index (κ2) is 9.75. The molecule has 4 atom stereocenters. The molecule has 10 heteroatoms. The molecular weight excluding hydrogens is 475 g/mol. The van der Waals surface area contributed by atoms with Crippen molar-refractivity contribution in [3.05, 3.63) is 53.8 Å². The van der Waals surface area contributed by atoms with Gasteiger partial charge in [-0.15, -0.1) is 0 Å². The Morgan fingerprint density at radius 2 is 1.86 bits per heavy atom. The van der Waals surface area contributed by atoms with E-state index in [1.807, 2.05) is 0 Å². The molecule has 1 aliphatic carbocycles. The van der Waals surface area contributed by atoms with Crippen LogP contribution in [0, 0.1) is 5.82 Å². The lowest BCUT2D eigenvalue weighted by atomic mass is 9.84. The van der Waals surface area contributed by atoms with E-state index in [9.17, 15) is 22.7 Å². The predicted octanol–water partition coefficient (Wildman–Crippen LogP) is 3.07. The average molecular weight is 505 g/mol. The van der Waals surface area contributed by atoms with Gasteiger partial charge in [0, 0.05) is 23.2 Å². The van der Waals surface area contributed by atoms with E-state index < -0.39 is 28.0 Å². The first-order valence-corrected chi connectivity index (χ1v) is 13.5. The second-order valence-corrected chi connectivity index (χ2v) is 11.2. The molecule has 1 saturated heterocycles. The molecular formula is C25H29FN2O6S. The zero-order valence-electron chi connectivity index (χ0n) is 19.2. The smallest absolute Gasteiger partial charge is 0.261 e. The lowest BCUT2D eigenvalue weighted by Crippen LogP contribution is -2.47. The summed E-state index contributed by atoms with van der Waals surface area (Å²) >= 11 is 0. The largest absolute Gasteiger partial charge is 0.487 e. The number of ether oxygens (including phenoxy) is 2. The summed E-state index contributed by atoms with van der Waals surface area (Å²) < 4.78 is 53.3. The van der Waals surface area contributed by atoms with Gasteiger partial charge in [-0.3, -0.25) is 9.52 Å². The third kappa shape index (κ3) is 5.14. The van der Waals surface area contributed by atoms with E-state index in [0.717, 1.165) is 43.4 Å². The van der Waals surface area contributed by atoms with E-state index in [1.165, 1.54) is 12.1 Å². The summed E-state index contributed by atoms with van der Waals surface area (Å²) in [5.41, 5.74) is 1.15. The Labute approximate surface area is 203 Å². The monoisotopic (exact) mass is 504 g/mol. The molecule has 1 amide bonds. The first-order chi connectivity index (χ1) is 16.8. The number of anilines is 1. The van der Waals surface area contributed by atoms with Gasteiger partial charge in [-0.05, 0) is 61.7 Å². The Morgan fingerprint density at radius 3 is 2.57 bits per heavy atom. The van der Waals surface area contributed by atoms with Gasteiger partial charge in [0.05, 0.1) is 24.0 Å². The van der Waals surface area contributed by atoms with Gasteiger partial charge >= 0.3 is 0 Å². The van der Waals surface area contributed by atoms with Crippen LogP contribution < -0.4 is 14.8 Å². The molecule has 0 spiro atoms. The number of nitrogens with one attached hydrogen (secondary N) is 2. The lowest BCUT2D eigenvalue weighted by Gasteiger charge is -2.37. The molecule has 0 aromatic heterocycles. The van der Waals surface area contributed by atoms with Gasteiger partial charge in [0.25, 0.3) is 10.0 Å². The number of amides is 1. The highest BCUT2D eigenvalue weighted by Crippen LogP contribution is 2.47. The fourth-order valence-corrected chi connectivity index (χ4v) is 6.39. The molecule has 5 rings (SSSR count). The zero-order chi connectivity index (χ0) is 24.6. The summed E-state index contributed by atoms with van der Waals surface area (Å²) in [6.45, 7) is -0.250. The van der Waals surface area contributed by atoms with Crippen LogP contribution in [0.3, 0.4) is 0 Å². The first-order valence-electron chi connectivity index (χ1n) is 12.0. The molecule has 0 radical (unpaired) electrons. The number of aliphatic hydroxyl groups excluding tert-OH is 1. The van der Waals surface area contributed by atoms with Crippen LogP contribution in [0.15, 0.2) is 47.4 Å². The van der Waals surface area contributed by atoms with Crippen LogP contribution in [0.1, 0.15) is 50.0 Å². The van der Waals surface area contributed by atoms with Gasteiger partial charge in [0.15, 0.2) is 0 Å². The van der Waals surface area contributed by atoms with Gasteiger partial charge in [0.2, 0.25) is 5.91 Å². The number of carbonyl (C=O) groups excluding carboxylic acids is 1. The van der Waals surface area contributed by atoms with Gasteiger partial charge < -0.3 is 19.9 Å². The van der Waals surface area contributed by atoms with E-state index in [4.69, 9.17) is 9.47 Å². The van der Waals surface area contributed by atoms with Crippen molar-refractivity contribution in [3.63, 3.8) is 0 Å². The van der Waals surface area contributed by atoms with Crippen molar-refractivity contribution in [2.75, 3.05) is 11.3 Å². The summed E-state index contributed by atoms with van der Waals surface area (Å²) in [6.07, 6.45) is 3.56. The summed E-state index contributed by atoms with van der Waals surface area (Å²) in [6, 6.07) is 9.82. The van der Waals surface area contributed by atoms with Crippen LogP contribution in [0.25, 0.3) is 0 Å². The molecule has 2 aromatic carbocycles. The number of sulfonamides is 1. The topological polar surface area (TPSA) is 114 Å². The highest BCUT2D eigenvalue weighted by molar-refractivity contribution is 7.92. The molecule has 2 heterocycles. The third-order valence-electron chi connectivity index (χ3n) is 7.01. The minimum Gasteiger partial charge on any atom is -0.487 e. The molecule has 2 aromatic rings. The van der Waals surface area contributed by atoms with Crippen LogP contribution >= 0.6 is 0 Å². The Hall–Kier alpha value is -2.69. The summed E-state index contributed by atoms with van der Waals surface area (Å²) in [4.78, 5) is 12.5. The van der Waals surface area contributed by atoms with Crippen LogP contribution in [0.2, 0.25) is 0 Å². The number of aliphatic hydroxyl groups is 1. The molecule has 2 aliphatic heterocycles. The van der Waals surface area contributed by atoms with E-state index in [0.29, 0.717) is 17.9 Å². The predicted molar refractivity (Wildman–Crippen MR) is 126 cm³/mol. The van der Waals surface area contributed by atoms with E-state index in [2.05, 4.69) is 10.0 Å². The number of hydrogen-bond donors (Lipinski definition) is 3. The molecule has 3 aliphatic rings. The van der Waals surface area contributed by atoms with Crippen molar-refractivity contribution in [2.24, 2.45) is 0 Å². The minimum atomic E-state index is -3.91.